The number of hydrogen-bond donors (Lipinski definition) is 0. The quantitative estimate of drug-likeness (QED) is 0.854. The monoisotopic (exact) mass is 339 g/mol. The molecule has 2 aromatic rings. The minimum Gasteiger partial charge on any atom is -0.339 e. The second-order valence-corrected chi connectivity index (χ2v) is 6.52. The predicted octanol–water partition coefficient (Wildman–Crippen LogP) is 3.74. The molecule has 7 heteroatoms. The van der Waals surface area contributed by atoms with Crippen molar-refractivity contribution >= 4 is 29.1 Å². The van der Waals surface area contributed by atoms with E-state index in [1.807, 2.05) is 13.8 Å². The van der Waals surface area contributed by atoms with E-state index < -0.39 is 0 Å². The van der Waals surface area contributed by atoms with Crippen LogP contribution < -0.4 is 0 Å². The Labute approximate surface area is 138 Å². The van der Waals surface area contributed by atoms with Gasteiger partial charge in [-0.15, -0.1) is 0 Å². The van der Waals surface area contributed by atoms with Crippen LogP contribution in [0.1, 0.15) is 47.8 Å². The van der Waals surface area contributed by atoms with Crippen LogP contribution in [0.25, 0.3) is 0 Å². The van der Waals surface area contributed by atoms with E-state index >= 15 is 0 Å². The topological polar surface area (TPSA) is 59.2 Å². The molecule has 1 aromatic carbocycles. The maximum Gasteiger partial charge on any atom is 0.255 e. The van der Waals surface area contributed by atoms with Crippen molar-refractivity contribution in [3.05, 3.63) is 45.5 Å². The van der Waals surface area contributed by atoms with Gasteiger partial charge in [0.2, 0.25) is 5.89 Å². The van der Waals surface area contributed by atoms with Crippen molar-refractivity contribution in [3.8, 4) is 0 Å². The van der Waals surface area contributed by atoms with Crippen molar-refractivity contribution in [1.29, 1.82) is 0 Å². The summed E-state index contributed by atoms with van der Waals surface area (Å²) in [7, 11) is 0. The second kappa shape index (κ2) is 5.89. The van der Waals surface area contributed by atoms with Gasteiger partial charge < -0.3 is 9.42 Å². The summed E-state index contributed by atoms with van der Waals surface area (Å²) in [5.41, 5.74) is 0.456. The third-order valence-corrected chi connectivity index (χ3v) is 4.20. The summed E-state index contributed by atoms with van der Waals surface area (Å²) in [4.78, 5) is 18.5. The first kappa shape index (κ1) is 15.3. The maximum atomic E-state index is 12.4. The Bertz CT molecular complexity index is 709. The van der Waals surface area contributed by atoms with Crippen LogP contribution in [0.15, 0.2) is 22.7 Å². The van der Waals surface area contributed by atoms with E-state index in [1.54, 1.807) is 23.1 Å². The van der Waals surface area contributed by atoms with Crippen LogP contribution in [0.3, 0.4) is 0 Å². The lowest BCUT2D eigenvalue weighted by atomic mass is 9.98. The molecule has 1 amide bonds. The van der Waals surface area contributed by atoms with E-state index in [2.05, 4.69) is 10.1 Å². The number of hydrogen-bond acceptors (Lipinski definition) is 4. The van der Waals surface area contributed by atoms with Crippen molar-refractivity contribution in [1.82, 2.24) is 15.0 Å². The molecule has 116 valence electrons. The van der Waals surface area contributed by atoms with E-state index in [-0.39, 0.29) is 17.7 Å². The first-order valence-electron chi connectivity index (χ1n) is 7.03. The standard InChI is InChI=1S/C15H15Cl2N3O2/c1-8(2)13-18-14(22-19-13)9-6-20(7-9)15(21)11-4-3-10(16)5-12(11)17/h3-5,8-9H,6-7H2,1-2H3. The van der Waals surface area contributed by atoms with Gasteiger partial charge in [-0.05, 0) is 18.2 Å². The van der Waals surface area contributed by atoms with Crippen molar-refractivity contribution in [2.24, 2.45) is 0 Å². The van der Waals surface area contributed by atoms with Gasteiger partial charge in [-0.2, -0.15) is 4.98 Å². The van der Waals surface area contributed by atoms with Gasteiger partial charge in [0.1, 0.15) is 0 Å². The number of halogens is 2. The summed E-state index contributed by atoms with van der Waals surface area (Å²) in [6, 6.07) is 4.87. The van der Waals surface area contributed by atoms with E-state index in [0.717, 1.165) is 0 Å². The molecule has 1 aromatic heterocycles. The summed E-state index contributed by atoms with van der Waals surface area (Å²) in [6.07, 6.45) is 0. The fourth-order valence-electron chi connectivity index (χ4n) is 2.28. The van der Waals surface area contributed by atoms with E-state index in [1.165, 1.54) is 0 Å². The summed E-state index contributed by atoms with van der Waals surface area (Å²) in [5, 5.41) is 4.82. The first-order valence-corrected chi connectivity index (χ1v) is 7.79. The van der Waals surface area contributed by atoms with E-state index in [0.29, 0.717) is 40.4 Å². The molecule has 5 nitrogen and oxygen atoms in total. The molecular weight excluding hydrogens is 325 g/mol. The normalized spacial score (nSPS) is 15.2. The van der Waals surface area contributed by atoms with Gasteiger partial charge in [0, 0.05) is 24.0 Å². The zero-order valence-corrected chi connectivity index (χ0v) is 13.7. The molecule has 0 bridgehead atoms. The third kappa shape index (κ3) is 2.83. The Kier molecular flexibility index (Phi) is 4.10. The van der Waals surface area contributed by atoms with Crippen molar-refractivity contribution in [2.45, 2.75) is 25.7 Å². The Morgan fingerprint density at radius 2 is 2.09 bits per heavy atom. The lowest BCUT2D eigenvalue weighted by Crippen LogP contribution is -2.48. The number of carbonyl (C=O) groups excluding carboxylic acids is 1. The van der Waals surface area contributed by atoms with Crippen LogP contribution >= 0.6 is 23.2 Å². The second-order valence-electron chi connectivity index (χ2n) is 5.68. The van der Waals surface area contributed by atoms with Crippen LogP contribution in [0, 0.1) is 0 Å². The highest BCUT2D eigenvalue weighted by atomic mass is 35.5. The maximum absolute atomic E-state index is 12.4. The number of aromatic nitrogens is 2. The van der Waals surface area contributed by atoms with Gasteiger partial charge in [0.25, 0.3) is 5.91 Å². The van der Waals surface area contributed by atoms with E-state index in [9.17, 15) is 4.79 Å². The third-order valence-electron chi connectivity index (χ3n) is 3.65. The molecule has 1 saturated heterocycles. The number of carbonyl (C=O) groups is 1. The number of rotatable bonds is 3. The van der Waals surface area contributed by atoms with Gasteiger partial charge in [-0.1, -0.05) is 42.2 Å². The highest BCUT2D eigenvalue weighted by Crippen LogP contribution is 2.30. The Balaban J connectivity index is 1.66. The molecule has 0 N–H and O–H groups in total. The number of likely N-dealkylation sites (tertiary alicyclic amines) is 1. The molecule has 3 rings (SSSR count). The molecular formula is C15H15Cl2N3O2. The zero-order chi connectivity index (χ0) is 15.9. The van der Waals surface area contributed by atoms with Gasteiger partial charge in [-0.3, -0.25) is 4.79 Å². The Hall–Kier alpha value is -1.59. The van der Waals surface area contributed by atoms with Crippen molar-refractivity contribution in [2.75, 3.05) is 13.1 Å². The van der Waals surface area contributed by atoms with Gasteiger partial charge in [0.15, 0.2) is 5.82 Å². The average molecular weight is 340 g/mol. The summed E-state index contributed by atoms with van der Waals surface area (Å²) < 4.78 is 5.26. The van der Waals surface area contributed by atoms with Gasteiger partial charge in [0.05, 0.1) is 16.5 Å². The molecule has 0 radical (unpaired) electrons. The minimum atomic E-state index is -0.110. The zero-order valence-electron chi connectivity index (χ0n) is 12.2. The number of amides is 1. The largest absolute Gasteiger partial charge is 0.339 e. The molecule has 0 aliphatic carbocycles. The predicted molar refractivity (Wildman–Crippen MR) is 83.5 cm³/mol. The lowest BCUT2D eigenvalue weighted by molar-refractivity contribution is 0.0569. The fraction of sp³-hybridized carbons (Fsp3) is 0.400. The van der Waals surface area contributed by atoms with E-state index in [4.69, 9.17) is 27.7 Å². The molecule has 0 spiro atoms. The van der Waals surface area contributed by atoms with Crippen LogP contribution in [0.4, 0.5) is 0 Å². The average Bonchev–Trinajstić information content (AvgIpc) is 2.86. The van der Waals surface area contributed by atoms with Crippen LogP contribution in [0.5, 0.6) is 0 Å². The first-order chi connectivity index (χ1) is 10.5. The van der Waals surface area contributed by atoms with Gasteiger partial charge >= 0.3 is 0 Å². The van der Waals surface area contributed by atoms with Crippen LogP contribution in [0.2, 0.25) is 10.0 Å². The molecule has 1 aliphatic heterocycles. The SMILES string of the molecule is CC(C)c1noc(C2CN(C(=O)c3ccc(Cl)cc3Cl)C2)n1. The highest BCUT2D eigenvalue weighted by Gasteiger charge is 2.36. The molecule has 1 aliphatic rings. The molecule has 22 heavy (non-hydrogen) atoms. The minimum absolute atomic E-state index is 0.0926. The Morgan fingerprint density at radius 1 is 1.36 bits per heavy atom. The smallest absolute Gasteiger partial charge is 0.255 e. The van der Waals surface area contributed by atoms with Crippen LogP contribution in [-0.4, -0.2) is 34.0 Å². The number of benzene rings is 1. The Morgan fingerprint density at radius 3 is 2.68 bits per heavy atom. The molecule has 0 unspecified atom stereocenters. The molecule has 0 saturated carbocycles. The highest BCUT2D eigenvalue weighted by molar-refractivity contribution is 6.36. The lowest BCUT2D eigenvalue weighted by Gasteiger charge is -2.37. The molecule has 1 fully saturated rings. The van der Waals surface area contributed by atoms with Crippen molar-refractivity contribution < 1.29 is 9.32 Å². The molecule has 0 atom stereocenters. The summed E-state index contributed by atoms with van der Waals surface area (Å²) in [5.74, 6) is 1.50. The van der Waals surface area contributed by atoms with Gasteiger partial charge in [-0.25, -0.2) is 0 Å². The summed E-state index contributed by atoms with van der Waals surface area (Å²) in [6.45, 7) is 5.12. The molecule has 2 heterocycles. The fourth-order valence-corrected chi connectivity index (χ4v) is 2.77. The summed E-state index contributed by atoms with van der Waals surface area (Å²) >= 11 is 11.9. The number of nitrogens with zero attached hydrogens (tertiary/aromatic N) is 3. The van der Waals surface area contributed by atoms with Crippen LogP contribution in [-0.2, 0) is 0 Å². The van der Waals surface area contributed by atoms with Crippen molar-refractivity contribution in [3.63, 3.8) is 0 Å².